The van der Waals surface area contributed by atoms with Crippen LogP contribution in [0.4, 0.5) is 10.5 Å². The van der Waals surface area contributed by atoms with Crippen LogP contribution in [0, 0.1) is 0 Å². The van der Waals surface area contributed by atoms with Gasteiger partial charge >= 0.3 is 6.03 Å². The highest BCUT2D eigenvalue weighted by Crippen LogP contribution is 2.28. The maximum Gasteiger partial charge on any atom is 0.322 e. The molecular weight excluding hydrogens is 327 g/mol. The van der Waals surface area contributed by atoms with Crippen LogP contribution >= 0.6 is 24.0 Å². The molecule has 3 amide bonds. The van der Waals surface area contributed by atoms with Crippen molar-refractivity contribution >= 4 is 41.6 Å². The maximum absolute atomic E-state index is 12.5. The number of amides is 3. The first-order valence-electron chi connectivity index (χ1n) is 7.02. The van der Waals surface area contributed by atoms with E-state index in [1.807, 2.05) is 4.90 Å². The predicted octanol–water partition coefficient (Wildman–Crippen LogP) is 1.34. The van der Waals surface area contributed by atoms with Gasteiger partial charge < -0.3 is 15.5 Å². The van der Waals surface area contributed by atoms with Gasteiger partial charge in [-0.1, -0.05) is 11.6 Å². The SMILES string of the molecule is Cl.O=C(c1ccc(Cl)c(N2CCNC2=O)c1)N1CCNCC1. The van der Waals surface area contributed by atoms with Crippen molar-refractivity contribution in [3.8, 4) is 0 Å². The molecule has 2 aliphatic rings. The minimum absolute atomic E-state index is 0. The van der Waals surface area contributed by atoms with Crippen molar-refractivity contribution < 1.29 is 9.59 Å². The van der Waals surface area contributed by atoms with Crippen molar-refractivity contribution in [2.45, 2.75) is 0 Å². The molecule has 0 aliphatic carbocycles. The van der Waals surface area contributed by atoms with E-state index in [-0.39, 0.29) is 24.3 Å². The molecule has 0 spiro atoms. The zero-order valence-electron chi connectivity index (χ0n) is 12.0. The summed E-state index contributed by atoms with van der Waals surface area (Å²) in [4.78, 5) is 27.6. The number of hydrogen-bond donors (Lipinski definition) is 2. The van der Waals surface area contributed by atoms with Gasteiger partial charge in [-0.05, 0) is 18.2 Å². The molecule has 2 aliphatic heterocycles. The largest absolute Gasteiger partial charge is 0.336 e. The van der Waals surface area contributed by atoms with Crippen molar-refractivity contribution in [2.24, 2.45) is 0 Å². The van der Waals surface area contributed by atoms with Crippen LogP contribution in [0.15, 0.2) is 18.2 Å². The van der Waals surface area contributed by atoms with Crippen LogP contribution < -0.4 is 15.5 Å². The molecule has 2 saturated heterocycles. The Bertz CT molecular complexity index is 576. The molecule has 22 heavy (non-hydrogen) atoms. The Morgan fingerprint density at radius 3 is 2.50 bits per heavy atom. The summed E-state index contributed by atoms with van der Waals surface area (Å²) in [7, 11) is 0. The highest BCUT2D eigenvalue weighted by molar-refractivity contribution is 6.34. The van der Waals surface area contributed by atoms with E-state index in [1.54, 1.807) is 23.1 Å². The first-order valence-corrected chi connectivity index (χ1v) is 7.39. The van der Waals surface area contributed by atoms with Gasteiger partial charge in [-0.2, -0.15) is 0 Å². The van der Waals surface area contributed by atoms with Gasteiger partial charge in [0, 0.05) is 44.8 Å². The molecule has 1 aromatic carbocycles. The molecule has 0 radical (unpaired) electrons. The van der Waals surface area contributed by atoms with E-state index in [1.165, 1.54) is 0 Å². The number of benzene rings is 1. The number of hydrogen-bond acceptors (Lipinski definition) is 3. The Balaban J connectivity index is 0.00000176. The van der Waals surface area contributed by atoms with Crippen LogP contribution in [0.1, 0.15) is 10.4 Å². The number of piperazine rings is 1. The van der Waals surface area contributed by atoms with E-state index in [0.29, 0.717) is 42.5 Å². The summed E-state index contributed by atoms with van der Waals surface area (Å²) in [6, 6.07) is 4.92. The van der Waals surface area contributed by atoms with Gasteiger partial charge in [-0.15, -0.1) is 12.4 Å². The standard InChI is InChI=1S/C14H17ClN4O2.ClH/c15-11-2-1-10(13(20)18-6-3-16-4-7-18)9-12(11)19-8-5-17-14(19)21;/h1-2,9,16H,3-8H2,(H,17,21);1H. The Labute approximate surface area is 140 Å². The van der Waals surface area contributed by atoms with E-state index >= 15 is 0 Å². The summed E-state index contributed by atoms with van der Waals surface area (Å²) >= 11 is 6.18. The fraction of sp³-hybridized carbons (Fsp3) is 0.429. The van der Waals surface area contributed by atoms with E-state index < -0.39 is 0 Å². The summed E-state index contributed by atoms with van der Waals surface area (Å²) in [5.74, 6) is -0.0194. The zero-order valence-corrected chi connectivity index (χ0v) is 13.5. The number of nitrogens with one attached hydrogen (secondary N) is 2. The number of rotatable bonds is 2. The summed E-state index contributed by atoms with van der Waals surface area (Å²) in [5.41, 5.74) is 1.16. The fourth-order valence-corrected chi connectivity index (χ4v) is 2.82. The van der Waals surface area contributed by atoms with Gasteiger partial charge in [0.25, 0.3) is 5.91 Å². The lowest BCUT2D eigenvalue weighted by Gasteiger charge is -2.28. The normalized spacial score (nSPS) is 18.0. The van der Waals surface area contributed by atoms with Crippen LogP contribution in [-0.4, -0.2) is 56.1 Å². The van der Waals surface area contributed by atoms with Crippen LogP contribution in [0.3, 0.4) is 0 Å². The average molecular weight is 345 g/mol. The second-order valence-corrected chi connectivity index (χ2v) is 5.50. The number of carbonyl (C=O) groups excluding carboxylic acids is 2. The van der Waals surface area contributed by atoms with Gasteiger partial charge in [0.15, 0.2) is 0 Å². The first kappa shape index (κ1) is 16.9. The average Bonchev–Trinajstić information content (AvgIpc) is 2.94. The summed E-state index contributed by atoms with van der Waals surface area (Å²) in [6.45, 7) is 4.15. The molecule has 0 aromatic heterocycles. The topological polar surface area (TPSA) is 64.7 Å². The fourth-order valence-electron chi connectivity index (χ4n) is 2.60. The van der Waals surface area contributed by atoms with E-state index in [0.717, 1.165) is 13.1 Å². The first-order chi connectivity index (χ1) is 10.2. The van der Waals surface area contributed by atoms with Gasteiger partial charge in [0.1, 0.15) is 0 Å². The van der Waals surface area contributed by atoms with Crippen LogP contribution in [0.25, 0.3) is 0 Å². The van der Waals surface area contributed by atoms with Gasteiger partial charge in [0.05, 0.1) is 10.7 Å². The van der Waals surface area contributed by atoms with Crippen molar-refractivity contribution in [2.75, 3.05) is 44.2 Å². The maximum atomic E-state index is 12.5. The van der Waals surface area contributed by atoms with Gasteiger partial charge in [-0.3, -0.25) is 9.69 Å². The van der Waals surface area contributed by atoms with Crippen molar-refractivity contribution in [3.05, 3.63) is 28.8 Å². The molecule has 0 bridgehead atoms. The monoisotopic (exact) mass is 344 g/mol. The summed E-state index contributed by atoms with van der Waals surface area (Å²) < 4.78 is 0. The van der Waals surface area contributed by atoms with Crippen molar-refractivity contribution in [1.82, 2.24) is 15.5 Å². The molecule has 6 nitrogen and oxygen atoms in total. The molecule has 0 unspecified atom stereocenters. The number of nitrogens with zero attached hydrogens (tertiary/aromatic N) is 2. The molecule has 3 rings (SSSR count). The molecule has 0 saturated carbocycles. The minimum Gasteiger partial charge on any atom is -0.336 e. The van der Waals surface area contributed by atoms with E-state index in [2.05, 4.69) is 10.6 Å². The Hall–Kier alpha value is -1.50. The molecule has 2 N–H and O–H groups in total. The molecular formula is C14H18Cl2N4O2. The van der Waals surface area contributed by atoms with Gasteiger partial charge in [-0.25, -0.2) is 4.79 Å². The highest BCUT2D eigenvalue weighted by atomic mass is 35.5. The second kappa shape index (κ2) is 7.17. The second-order valence-electron chi connectivity index (χ2n) is 5.09. The number of urea groups is 1. The Morgan fingerprint density at radius 1 is 1.14 bits per heavy atom. The lowest BCUT2D eigenvalue weighted by molar-refractivity contribution is 0.0736. The smallest absolute Gasteiger partial charge is 0.322 e. The van der Waals surface area contributed by atoms with Crippen LogP contribution in [0.2, 0.25) is 5.02 Å². The van der Waals surface area contributed by atoms with E-state index in [9.17, 15) is 9.59 Å². The third-order valence-corrected chi connectivity index (χ3v) is 4.06. The lowest BCUT2D eigenvalue weighted by Crippen LogP contribution is -2.46. The Morgan fingerprint density at radius 2 is 1.86 bits per heavy atom. The van der Waals surface area contributed by atoms with Gasteiger partial charge in [0.2, 0.25) is 0 Å². The third kappa shape index (κ3) is 3.29. The molecule has 0 atom stereocenters. The molecule has 2 heterocycles. The van der Waals surface area contributed by atoms with Crippen molar-refractivity contribution in [1.29, 1.82) is 0 Å². The van der Waals surface area contributed by atoms with E-state index in [4.69, 9.17) is 11.6 Å². The summed E-state index contributed by atoms with van der Waals surface area (Å²) in [5, 5.41) is 6.42. The molecule has 2 fully saturated rings. The zero-order chi connectivity index (χ0) is 14.8. The van der Waals surface area contributed by atoms with Crippen LogP contribution in [-0.2, 0) is 0 Å². The number of carbonyl (C=O) groups is 2. The predicted molar refractivity (Wildman–Crippen MR) is 88.2 cm³/mol. The summed E-state index contributed by atoms with van der Waals surface area (Å²) in [6.07, 6.45) is 0. The number of anilines is 1. The Kier molecular flexibility index (Phi) is 5.50. The molecule has 1 aromatic rings. The molecule has 8 heteroatoms. The minimum atomic E-state index is -0.177. The highest BCUT2D eigenvalue weighted by Gasteiger charge is 2.25. The van der Waals surface area contributed by atoms with Crippen molar-refractivity contribution in [3.63, 3.8) is 0 Å². The number of halogens is 2. The lowest BCUT2D eigenvalue weighted by atomic mass is 10.1. The van der Waals surface area contributed by atoms with Crippen LogP contribution in [0.5, 0.6) is 0 Å². The molecule has 120 valence electrons. The quantitative estimate of drug-likeness (QED) is 0.850. The third-order valence-electron chi connectivity index (χ3n) is 3.74.